The molecule has 0 aromatic heterocycles. The van der Waals surface area contributed by atoms with Gasteiger partial charge in [0, 0.05) is 19.1 Å². The fourth-order valence-corrected chi connectivity index (χ4v) is 1.02. The molecule has 12 heavy (non-hydrogen) atoms. The van der Waals surface area contributed by atoms with Crippen molar-refractivity contribution in [2.75, 3.05) is 13.1 Å². The van der Waals surface area contributed by atoms with Gasteiger partial charge in [-0.05, 0) is 13.3 Å². The van der Waals surface area contributed by atoms with Crippen LogP contribution in [0.1, 0.15) is 20.3 Å². The van der Waals surface area contributed by atoms with Crippen LogP contribution in [0.4, 0.5) is 0 Å². The minimum atomic E-state index is 0. The predicted molar refractivity (Wildman–Crippen MR) is 67.1 cm³/mol. The third-order valence-electron chi connectivity index (χ3n) is 1.94. The van der Waals surface area contributed by atoms with Gasteiger partial charge >= 0.3 is 0 Å². The Morgan fingerprint density at radius 3 is 1.92 bits per heavy atom. The zero-order valence-corrected chi connectivity index (χ0v) is 10.5. The highest BCUT2D eigenvalue weighted by molar-refractivity contribution is 14.0. The van der Waals surface area contributed by atoms with E-state index in [0.29, 0.717) is 6.04 Å². The quantitative estimate of drug-likeness (QED) is 0.534. The number of hydrogen-bond donors (Lipinski definition) is 0. The molecular formula is C10H20IN. The Bertz CT molecular complexity index is 113. The van der Waals surface area contributed by atoms with Crippen molar-refractivity contribution in [1.82, 2.24) is 4.90 Å². The van der Waals surface area contributed by atoms with Crippen LogP contribution in [0.25, 0.3) is 0 Å². The molecule has 0 saturated heterocycles. The topological polar surface area (TPSA) is 3.24 Å². The average Bonchev–Trinajstić information content (AvgIpc) is 2.03. The summed E-state index contributed by atoms with van der Waals surface area (Å²) in [6.07, 6.45) is 5.06. The van der Waals surface area contributed by atoms with E-state index in [1.807, 2.05) is 12.2 Å². The Morgan fingerprint density at radius 2 is 1.67 bits per heavy atom. The highest BCUT2D eigenvalue weighted by atomic mass is 127. The monoisotopic (exact) mass is 281 g/mol. The first kappa shape index (κ1) is 14.7. The molecule has 2 heteroatoms. The smallest absolute Gasteiger partial charge is 0.0166 e. The summed E-state index contributed by atoms with van der Waals surface area (Å²) in [5.41, 5.74) is 0. The summed E-state index contributed by atoms with van der Waals surface area (Å²) < 4.78 is 0. The van der Waals surface area contributed by atoms with Crippen LogP contribution >= 0.6 is 24.0 Å². The minimum Gasteiger partial charge on any atom is -0.293 e. The minimum absolute atomic E-state index is 0. The molecule has 0 aliphatic heterocycles. The molecule has 0 amide bonds. The SMILES string of the molecule is C=CCN(CC=C)C(C)CC.I. The van der Waals surface area contributed by atoms with E-state index < -0.39 is 0 Å². The third-order valence-corrected chi connectivity index (χ3v) is 1.94. The summed E-state index contributed by atoms with van der Waals surface area (Å²) in [6, 6.07) is 0.631. The standard InChI is InChI=1S/C10H19N.HI/c1-5-8-11(9-6-2)10(4)7-3;/h5-6,10H,1-2,7-9H2,3-4H3;1H. The lowest BCUT2D eigenvalue weighted by atomic mass is 10.2. The Kier molecular flexibility index (Phi) is 11.3. The van der Waals surface area contributed by atoms with Gasteiger partial charge in [-0.2, -0.15) is 0 Å². The molecule has 0 aromatic rings. The maximum absolute atomic E-state index is 3.72. The van der Waals surface area contributed by atoms with E-state index in [0.717, 1.165) is 13.1 Å². The van der Waals surface area contributed by atoms with Crippen molar-refractivity contribution in [2.24, 2.45) is 0 Å². The van der Waals surface area contributed by atoms with Gasteiger partial charge in [-0.15, -0.1) is 37.1 Å². The van der Waals surface area contributed by atoms with E-state index in [-0.39, 0.29) is 24.0 Å². The molecule has 1 nitrogen and oxygen atoms in total. The second-order valence-corrected chi connectivity index (χ2v) is 2.79. The summed E-state index contributed by atoms with van der Waals surface area (Å²) in [5.74, 6) is 0. The van der Waals surface area contributed by atoms with Crippen LogP contribution in [0, 0.1) is 0 Å². The van der Waals surface area contributed by atoms with Gasteiger partial charge in [0.1, 0.15) is 0 Å². The number of rotatable bonds is 6. The number of nitrogens with zero attached hydrogens (tertiary/aromatic N) is 1. The molecule has 0 heterocycles. The predicted octanol–water partition coefficient (Wildman–Crippen LogP) is 3.08. The first-order chi connectivity index (χ1) is 5.26. The molecule has 0 bridgehead atoms. The molecule has 1 unspecified atom stereocenters. The molecule has 0 aromatic carbocycles. The van der Waals surface area contributed by atoms with Crippen LogP contribution in [-0.2, 0) is 0 Å². The second-order valence-electron chi connectivity index (χ2n) is 2.79. The molecule has 0 saturated carbocycles. The maximum Gasteiger partial charge on any atom is 0.0166 e. The van der Waals surface area contributed by atoms with E-state index in [1.165, 1.54) is 6.42 Å². The fourth-order valence-electron chi connectivity index (χ4n) is 1.02. The van der Waals surface area contributed by atoms with Gasteiger partial charge < -0.3 is 0 Å². The van der Waals surface area contributed by atoms with Crippen LogP contribution in [0.2, 0.25) is 0 Å². The van der Waals surface area contributed by atoms with Crippen LogP contribution in [0.15, 0.2) is 25.3 Å². The summed E-state index contributed by atoms with van der Waals surface area (Å²) in [7, 11) is 0. The molecule has 0 aliphatic carbocycles. The van der Waals surface area contributed by atoms with Gasteiger partial charge in [-0.25, -0.2) is 0 Å². The molecular weight excluding hydrogens is 261 g/mol. The van der Waals surface area contributed by atoms with Crippen molar-refractivity contribution < 1.29 is 0 Å². The van der Waals surface area contributed by atoms with E-state index >= 15 is 0 Å². The molecule has 0 fully saturated rings. The first-order valence-corrected chi connectivity index (χ1v) is 4.22. The molecule has 0 rings (SSSR count). The number of halogens is 1. The zero-order chi connectivity index (χ0) is 8.69. The molecule has 72 valence electrons. The Hall–Kier alpha value is 0.170. The lowest BCUT2D eigenvalue weighted by Crippen LogP contribution is -2.32. The van der Waals surface area contributed by atoms with Crippen molar-refractivity contribution in [3.05, 3.63) is 25.3 Å². The lowest BCUT2D eigenvalue weighted by molar-refractivity contribution is 0.250. The Labute approximate surface area is 93.5 Å². The zero-order valence-electron chi connectivity index (χ0n) is 8.12. The van der Waals surface area contributed by atoms with Crippen molar-refractivity contribution in [2.45, 2.75) is 26.3 Å². The highest BCUT2D eigenvalue weighted by Gasteiger charge is 2.06. The summed E-state index contributed by atoms with van der Waals surface area (Å²) in [4.78, 5) is 2.35. The van der Waals surface area contributed by atoms with Crippen LogP contribution in [0.5, 0.6) is 0 Å². The number of hydrogen-bond acceptors (Lipinski definition) is 1. The van der Waals surface area contributed by atoms with E-state index in [1.54, 1.807) is 0 Å². The Morgan fingerprint density at radius 1 is 1.25 bits per heavy atom. The van der Waals surface area contributed by atoms with Crippen molar-refractivity contribution in [3.63, 3.8) is 0 Å². The molecule has 0 aliphatic rings. The van der Waals surface area contributed by atoms with Crippen LogP contribution in [0.3, 0.4) is 0 Å². The highest BCUT2D eigenvalue weighted by Crippen LogP contribution is 2.02. The average molecular weight is 281 g/mol. The molecule has 0 N–H and O–H groups in total. The van der Waals surface area contributed by atoms with Crippen molar-refractivity contribution in [1.29, 1.82) is 0 Å². The maximum atomic E-state index is 3.72. The van der Waals surface area contributed by atoms with Gasteiger partial charge in [0.05, 0.1) is 0 Å². The summed E-state index contributed by atoms with van der Waals surface area (Å²) >= 11 is 0. The van der Waals surface area contributed by atoms with E-state index in [9.17, 15) is 0 Å². The van der Waals surface area contributed by atoms with Gasteiger partial charge in [0.15, 0.2) is 0 Å². The van der Waals surface area contributed by atoms with Crippen LogP contribution < -0.4 is 0 Å². The Balaban J connectivity index is 0. The fraction of sp³-hybridized carbons (Fsp3) is 0.600. The second kappa shape index (κ2) is 9.26. The largest absolute Gasteiger partial charge is 0.293 e. The summed E-state index contributed by atoms with van der Waals surface area (Å²) in [5, 5.41) is 0. The van der Waals surface area contributed by atoms with Crippen LogP contribution in [-0.4, -0.2) is 24.0 Å². The third kappa shape index (κ3) is 5.77. The molecule has 1 atom stereocenters. The van der Waals surface area contributed by atoms with Gasteiger partial charge in [-0.1, -0.05) is 19.1 Å². The summed E-state index contributed by atoms with van der Waals surface area (Å²) in [6.45, 7) is 13.8. The van der Waals surface area contributed by atoms with Crippen molar-refractivity contribution in [3.8, 4) is 0 Å². The lowest BCUT2D eigenvalue weighted by Gasteiger charge is -2.25. The first-order valence-electron chi connectivity index (χ1n) is 4.22. The van der Waals surface area contributed by atoms with Gasteiger partial charge in [0.2, 0.25) is 0 Å². The molecule has 0 spiro atoms. The van der Waals surface area contributed by atoms with Gasteiger partial charge in [0.25, 0.3) is 0 Å². The van der Waals surface area contributed by atoms with Gasteiger partial charge in [-0.3, -0.25) is 4.90 Å². The van der Waals surface area contributed by atoms with E-state index in [4.69, 9.17) is 0 Å². The van der Waals surface area contributed by atoms with E-state index in [2.05, 4.69) is 31.9 Å². The van der Waals surface area contributed by atoms with Crippen molar-refractivity contribution >= 4 is 24.0 Å². The molecule has 0 radical (unpaired) electrons. The normalized spacial score (nSPS) is 11.9.